The van der Waals surface area contributed by atoms with Gasteiger partial charge in [-0.3, -0.25) is 14.5 Å². The van der Waals surface area contributed by atoms with E-state index in [1.807, 2.05) is 0 Å². The Bertz CT molecular complexity index is 833. The first-order valence-corrected chi connectivity index (χ1v) is 10.2. The highest BCUT2D eigenvalue weighted by Gasteiger charge is 2.41. The smallest absolute Gasteiger partial charge is 0.381 e. The van der Waals surface area contributed by atoms with Crippen LogP contribution in [0.2, 0.25) is 0 Å². The van der Waals surface area contributed by atoms with Crippen molar-refractivity contribution in [2.24, 2.45) is 0 Å². The maximum absolute atomic E-state index is 13.0. The van der Waals surface area contributed by atoms with Crippen LogP contribution in [-0.2, 0) is 24.3 Å². The summed E-state index contributed by atoms with van der Waals surface area (Å²) in [6.45, 7) is -1.22. The Hall–Kier alpha value is -1.98. The van der Waals surface area contributed by atoms with E-state index in [2.05, 4.69) is 0 Å². The summed E-state index contributed by atoms with van der Waals surface area (Å²) in [5.41, 5.74) is 0.194. The summed E-state index contributed by atoms with van der Waals surface area (Å²) in [5.74, 6) is -0.803. The number of sulfonamides is 1. The summed E-state index contributed by atoms with van der Waals surface area (Å²) in [6.07, 6.45) is -4.21. The molecule has 3 rings (SSSR count). The van der Waals surface area contributed by atoms with E-state index in [1.165, 1.54) is 12.1 Å². The van der Waals surface area contributed by atoms with Gasteiger partial charge in [-0.05, 0) is 37.1 Å². The Labute approximate surface area is 160 Å². The van der Waals surface area contributed by atoms with E-state index in [-0.39, 0.29) is 49.5 Å². The van der Waals surface area contributed by atoms with Crippen molar-refractivity contribution in [1.82, 2.24) is 4.31 Å². The number of halogens is 3. The predicted octanol–water partition coefficient (Wildman–Crippen LogP) is 2.07. The fraction of sp³-hybridized carbons (Fsp3) is 0.529. The largest absolute Gasteiger partial charge is 0.402 e. The van der Waals surface area contributed by atoms with E-state index in [4.69, 9.17) is 4.74 Å². The first kappa shape index (κ1) is 20.7. The number of alkyl halides is 3. The molecule has 0 bridgehead atoms. The number of hydrogen-bond acceptors (Lipinski definition) is 5. The molecular formula is C17H19F3N2O5S. The fourth-order valence-electron chi connectivity index (χ4n) is 3.33. The van der Waals surface area contributed by atoms with Gasteiger partial charge in [0, 0.05) is 32.1 Å². The molecule has 0 N–H and O–H groups in total. The molecule has 2 aliphatic rings. The molecule has 154 valence electrons. The Morgan fingerprint density at radius 1 is 1.04 bits per heavy atom. The lowest BCUT2D eigenvalue weighted by Crippen LogP contribution is -2.47. The SMILES string of the molecule is O=C1CCC(=O)N1c1ccc(S(=O)(=O)N(CC(F)(F)F)C2CCOCC2)cc1. The minimum atomic E-state index is -4.69. The van der Waals surface area contributed by atoms with Crippen LogP contribution in [-0.4, -0.2) is 56.5 Å². The Morgan fingerprint density at radius 3 is 2.07 bits per heavy atom. The summed E-state index contributed by atoms with van der Waals surface area (Å²) < 4.78 is 70.5. The number of rotatable bonds is 5. The molecule has 0 unspecified atom stereocenters. The van der Waals surface area contributed by atoms with Crippen LogP contribution in [0.25, 0.3) is 0 Å². The molecular weight excluding hydrogens is 401 g/mol. The van der Waals surface area contributed by atoms with Crippen molar-refractivity contribution in [2.45, 2.75) is 42.8 Å². The van der Waals surface area contributed by atoms with E-state index in [0.717, 1.165) is 17.0 Å². The Morgan fingerprint density at radius 2 is 1.57 bits per heavy atom. The van der Waals surface area contributed by atoms with E-state index in [9.17, 15) is 31.2 Å². The molecule has 0 spiro atoms. The lowest BCUT2D eigenvalue weighted by Gasteiger charge is -2.33. The van der Waals surface area contributed by atoms with E-state index in [1.54, 1.807) is 0 Å². The maximum atomic E-state index is 13.0. The third-order valence-electron chi connectivity index (χ3n) is 4.69. The van der Waals surface area contributed by atoms with Gasteiger partial charge in [0.05, 0.1) is 10.6 Å². The van der Waals surface area contributed by atoms with Crippen LogP contribution in [0.1, 0.15) is 25.7 Å². The van der Waals surface area contributed by atoms with Crippen molar-refractivity contribution >= 4 is 27.5 Å². The third kappa shape index (κ3) is 4.36. The average molecular weight is 420 g/mol. The second-order valence-corrected chi connectivity index (χ2v) is 8.52. The van der Waals surface area contributed by atoms with Crippen molar-refractivity contribution < 1.29 is 35.9 Å². The summed E-state index contributed by atoms with van der Waals surface area (Å²) in [7, 11) is -4.43. The van der Waals surface area contributed by atoms with Crippen molar-refractivity contribution in [3.05, 3.63) is 24.3 Å². The number of carbonyl (C=O) groups excluding carboxylic acids is 2. The predicted molar refractivity (Wildman–Crippen MR) is 92.0 cm³/mol. The van der Waals surface area contributed by atoms with Gasteiger partial charge in [0.15, 0.2) is 0 Å². The zero-order chi connectivity index (χ0) is 20.5. The summed E-state index contributed by atoms with van der Waals surface area (Å²) >= 11 is 0. The Balaban J connectivity index is 1.89. The van der Waals surface area contributed by atoms with Crippen LogP contribution < -0.4 is 4.90 Å². The van der Waals surface area contributed by atoms with Gasteiger partial charge in [-0.15, -0.1) is 0 Å². The molecule has 0 saturated carbocycles. The van der Waals surface area contributed by atoms with Gasteiger partial charge in [-0.2, -0.15) is 17.5 Å². The number of hydrogen-bond donors (Lipinski definition) is 0. The quantitative estimate of drug-likeness (QED) is 0.681. The summed E-state index contributed by atoms with van der Waals surface area (Å²) in [6, 6.07) is 3.92. The number of anilines is 1. The summed E-state index contributed by atoms with van der Waals surface area (Å²) in [4.78, 5) is 24.2. The molecule has 0 aromatic heterocycles. The van der Waals surface area contributed by atoms with Gasteiger partial charge in [0.2, 0.25) is 21.8 Å². The van der Waals surface area contributed by atoms with Crippen molar-refractivity contribution in [2.75, 3.05) is 24.7 Å². The van der Waals surface area contributed by atoms with Crippen LogP contribution in [0.4, 0.5) is 18.9 Å². The minimum absolute atomic E-state index is 0.0714. The number of imide groups is 1. The van der Waals surface area contributed by atoms with Crippen molar-refractivity contribution in [1.29, 1.82) is 0 Å². The molecule has 1 aromatic carbocycles. The third-order valence-corrected chi connectivity index (χ3v) is 6.60. The van der Waals surface area contributed by atoms with Crippen molar-refractivity contribution in [3.63, 3.8) is 0 Å². The van der Waals surface area contributed by atoms with Gasteiger partial charge < -0.3 is 4.74 Å². The molecule has 2 saturated heterocycles. The summed E-state index contributed by atoms with van der Waals surface area (Å²) in [5, 5.41) is 0. The molecule has 11 heteroatoms. The molecule has 1 aromatic rings. The molecule has 7 nitrogen and oxygen atoms in total. The van der Waals surface area contributed by atoms with Crippen LogP contribution in [0, 0.1) is 0 Å². The topological polar surface area (TPSA) is 84.0 Å². The first-order chi connectivity index (χ1) is 13.1. The molecule has 2 amide bonds. The van der Waals surface area contributed by atoms with Gasteiger partial charge in [-0.1, -0.05) is 0 Å². The molecule has 0 radical (unpaired) electrons. The molecule has 28 heavy (non-hydrogen) atoms. The highest BCUT2D eigenvalue weighted by atomic mass is 32.2. The van der Waals surface area contributed by atoms with Gasteiger partial charge in [0.25, 0.3) is 0 Å². The van der Waals surface area contributed by atoms with Gasteiger partial charge in [-0.25, -0.2) is 8.42 Å². The van der Waals surface area contributed by atoms with Crippen LogP contribution in [0.15, 0.2) is 29.2 Å². The van der Waals surface area contributed by atoms with Crippen molar-refractivity contribution in [3.8, 4) is 0 Å². The number of amides is 2. The molecule has 0 atom stereocenters. The normalized spacial score (nSPS) is 19.6. The van der Waals surface area contributed by atoms with Crippen LogP contribution >= 0.6 is 0 Å². The minimum Gasteiger partial charge on any atom is -0.381 e. The highest BCUT2D eigenvalue weighted by molar-refractivity contribution is 7.89. The number of ether oxygens (including phenoxy) is 1. The fourth-order valence-corrected chi connectivity index (χ4v) is 5.00. The van der Waals surface area contributed by atoms with E-state index >= 15 is 0 Å². The van der Waals surface area contributed by atoms with Gasteiger partial charge in [0.1, 0.15) is 6.54 Å². The zero-order valence-corrected chi connectivity index (χ0v) is 15.6. The number of carbonyl (C=O) groups is 2. The number of nitrogens with zero attached hydrogens (tertiary/aromatic N) is 2. The number of benzene rings is 1. The molecule has 0 aliphatic carbocycles. The van der Waals surface area contributed by atoms with E-state index in [0.29, 0.717) is 4.31 Å². The highest BCUT2D eigenvalue weighted by Crippen LogP contribution is 2.30. The second-order valence-electron chi connectivity index (χ2n) is 6.63. The lowest BCUT2D eigenvalue weighted by atomic mass is 10.1. The zero-order valence-electron chi connectivity index (χ0n) is 14.8. The first-order valence-electron chi connectivity index (χ1n) is 8.72. The average Bonchev–Trinajstić information content (AvgIpc) is 2.98. The van der Waals surface area contributed by atoms with Crippen LogP contribution in [0.5, 0.6) is 0 Å². The van der Waals surface area contributed by atoms with Crippen LogP contribution in [0.3, 0.4) is 0 Å². The standard InChI is InChI=1S/C17H19F3N2O5S/c18-17(19,20)11-21(12-7-9-27-10-8-12)28(25,26)14-3-1-13(2-4-14)22-15(23)5-6-16(22)24/h1-4,12H,5-11H2. The molecule has 2 heterocycles. The monoisotopic (exact) mass is 420 g/mol. The lowest BCUT2D eigenvalue weighted by molar-refractivity contribution is -0.141. The van der Waals surface area contributed by atoms with Gasteiger partial charge >= 0.3 is 6.18 Å². The second kappa shape index (κ2) is 7.80. The maximum Gasteiger partial charge on any atom is 0.402 e. The Kier molecular flexibility index (Phi) is 5.78. The molecule has 2 fully saturated rings. The van der Waals surface area contributed by atoms with E-state index < -0.39 is 40.6 Å². The molecule has 2 aliphatic heterocycles.